The fraction of sp³-hybridized carbons (Fsp3) is 0.440. The van der Waals surface area contributed by atoms with Crippen molar-refractivity contribution in [1.29, 1.82) is 0 Å². The molecule has 8 nitrogen and oxygen atoms in total. The van der Waals surface area contributed by atoms with Crippen LogP contribution in [0, 0.1) is 0 Å². The van der Waals surface area contributed by atoms with Gasteiger partial charge in [0.05, 0.1) is 31.4 Å². The zero-order valence-electron chi connectivity index (χ0n) is 19.5. The van der Waals surface area contributed by atoms with Crippen LogP contribution in [0.5, 0.6) is 5.75 Å². The fourth-order valence-electron chi connectivity index (χ4n) is 4.35. The van der Waals surface area contributed by atoms with Crippen molar-refractivity contribution in [2.24, 2.45) is 0 Å². The SMILES string of the molecule is CCOC(=O)C1=C(CN(Cc2cccs2)CC2CCCO2)NC(=O)NC1c1ccc(OC)cc1. The highest BCUT2D eigenvalue weighted by Crippen LogP contribution is 2.30. The molecule has 1 aromatic carbocycles. The van der Waals surface area contributed by atoms with E-state index < -0.39 is 12.0 Å². The minimum atomic E-state index is -0.625. The summed E-state index contributed by atoms with van der Waals surface area (Å²) in [4.78, 5) is 29.2. The van der Waals surface area contributed by atoms with Crippen LogP contribution in [0.1, 0.15) is 36.2 Å². The summed E-state index contributed by atoms with van der Waals surface area (Å²) in [6.07, 6.45) is 2.20. The van der Waals surface area contributed by atoms with E-state index in [-0.39, 0.29) is 18.7 Å². The Hall–Kier alpha value is -2.88. The number of hydrogen-bond donors (Lipinski definition) is 2. The molecule has 1 fully saturated rings. The minimum Gasteiger partial charge on any atom is -0.497 e. The third-order valence-corrected chi connectivity index (χ3v) is 6.79. The highest BCUT2D eigenvalue weighted by Gasteiger charge is 2.35. The lowest BCUT2D eigenvalue weighted by molar-refractivity contribution is -0.139. The summed E-state index contributed by atoms with van der Waals surface area (Å²) >= 11 is 1.69. The second kappa shape index (κ2) is 11.5. The van der Waals surface area contributed by atoms with Crippen LogP contribution in [0.4, 0.5) is 4.79 Å². The van der Waals surface area contributed by atoms with E-state index in [1.807, 2.05) is 30.3 Å². The summed E-state index contributed by atoms with van der Waals surface area (Å²) in [5.41, 5.74) is 1.74. The molecule has 3 heterocycles. The molecule has 2 aliphatic heterocycles. The largest absolute Gasteiger partial charge is 0.497 e. The van der Waals surface area contributed by atoms with Gasteiger partial charge in [0.15, 0.2) is 0 Å². The van der Waals surface area contributed by atoms with E-state index in [9.17, 15) is 9.59 Å². The van der Waals surface area contributed by atoms with Crippen LogP contribution in [0.3, 0.4) is 0 Å². The molecule has 2 amide bonds. The normalized spacial score (nSPS) is 20.3. The van der Waals surface area contributed by atoms with E-state index in [0.29, 0.717) is 36.7 Å². The molecule has 34 heavy (non-hydrogen) atoms. The summed E-state index contributed by atoms with van der Waals surface area (Å²) in [5.74, 6) is 0.253. The number of carbonyl (C=O) groups is 2. The summed E-state index contributed by atoms with van der Waals surface area (Å²) in [6, 6.07) is 10.5. The first kappa shape index (κ1) is 24.3. The van der Waals surface area contributed by atoms with Gasteiger partial charge < -0.3 is 24.8 Å². The van der Waals surface area contributed by atoms with Crippen molar-refractivity contribution in [3.8, 4) is 5.75 Å². The lowest BCUT2D eigenvalue weighted by Gasteiger charge is -2.32. The molecule has 1 saturated heterocycles. The van der Waals surface area contributed by atoms with Crippen LogP contribution < -0.4 is 15.4 Å². The van der Waals surface area contributed by atoms with E-state index >= 15 is 0 Å². The summed E-state index contributed by atoms with van der Waals surface area (Å²) < 4.78 is 16.5. The second-order valence-corrected chi connectivity index (χ2v) is 9.33. The van der Waals surface area contributed by atoms with Gasteiger partial charge in [0.2, 0.25) is 0 Å². The van der Waals surface area contributed by atoms with Crippen LogP contribution in [0.25, 0.3) is 0 Å². The molecule has 0 saturated carbocycles. The van der Waals surface area contributed by atoms with Gasteiger partial charge in [-0.1, -0.05) is 18.2 Å². The molecule has 182 valence electrons. The number of hydrogen-bond acceptors (Lipinski definition) is 7. The number of benzene rings is 1. The maximum atomic E-state index is 13.1. The Labute approximate surface area is 203 Å². The Morgan fingerprint density at radius 3 is 2.71 bits per heavy atom. The van der Waals surface area contributed by atoms with Crippen molar-refractivity contribution in [2.75, 3.05) is 33.4 Å². The second-order valence-electron chi connectivity index (χ2n) is 8.30. The quantitative estimate of drug-likeness (QED) is 0.500. The van der Waals surface area contributed by atoms with Crippen molar-refractivity contribution in [1.82, 2.24) is 15.5 Å². The Bertz CT molecular complexity index is 1000. The van der Waals surface area contributed by atoms with Crippen molar-refractivity contribution in [2.45, 2.75) is 38.5 Å². The van der Waals surface area contributed by atoms with E-state index in [1.165, 1.54) is 4.88 Å². The smallest absolute Gasteiger partial charge is 0.338 e. The molecule has 0 aliphatic carbocycles. The first-order valence-electron chi connectivity index (χ1n) is 11.5. The lowest BCUT2D eigenvalue weighted by atomic mass is 9.94. The van der Waals surface area contributed by atoms with Gasteiger partial charge >= 0.3 is 12.0 Å². The molecular weight excluding hydrogens is 454 g/mol. The van der Waals surface area contributed by atoms with Gasteiger partial charge in [-0.05, 0) is 48.9 Å². The molecule has 9 heteroatoms. The Balaban J connectivity index is 1.67. The number of rotatable bonds is 10. The first-order valence-corrected chi connectivity index (χ1v) is 12.4. The van der Waals surface area contributed by atoms with Gasteiger partial charge in [0.1, 0.15) is 5.75 Å². The molecule has 0 spiro atoms. The van der Waals surface area contributed by atoms with E-state index in [2.05, 4.69) is 27.0 Å². The maximum absolute atomic E-state index is 13.1. The number of ether oxygens (including phenoxy) is 3. The average Bonchev–Trinajstić information content (AvgIpc) is 3.53. The molecular formula is C25H31N3O5S. The van der Waals surface area contributed by atoms with Crippen molar-refractivity contribution in [3.05, 3.63) is 63.5 Å². The molecule has 2 N–H and O–H groups in total. The van der Waals surface area contributed by atoms with Gasteiger partial charge in [-0.2, -0.15) is 0 Å². The number of carbonyl (C=O) groups excluding carboxylic acids is 2. The van der Waals surface area contributed by atoms with Crippen LogP contribution in [0.2, 0.25) is 0 Å². The highest BCUT2D eigenvalue weighted by molar-refractivity contribution is 7.09. The van der Waals surface area contributed by atoms with Gasteiger partial charge in [0, 0.05) is 36.8 Å². The van der Waals surface area contributed by atoms with Crippen LogP contribution in [0.15, 0.2) is 53.0 Å². The zero-order valence-corrected chi connectivity index (χ0v) is 20.4. The average molecular weight is 486 g/mol. The maximum Gasteiger partial charge on any atom is 0.338 e. The predicted octanol–water partition coefficient (Wildman–Crippen LogP) is 3.61. The standard InChI is InChI=1S/C25H31N3O5S/c1-3-32-24(29)22-21(26-25(30)27-23(22)17-8-10-18(31-2)11-9-17)16-28(14-19-6-4-12-33-19)15-20-7-5-13-34-20/h5,7-11,13,19,23H,3-4,6,12,14-16H2,1-2H3,(H2,26,27,30). The zero-order chi connectivity index (χ0) is 23.9. The number of esters is 1. The molecule has 0 bridgehead atoms. The monoisotopic (exact) mass is 485 g/mol. The predicted molar refractivity (Wildman–Crippen MR) is 130 cm³/mol. The number of nitrogens with one attached hydrogen (secondary N) is 2. The van der Waals surface area contributed by atoms with E-state index in [0.717, 1.165) is 25.0 Å². The van der Waals surface area contributed by atoms with Gasteiger partial charge in [-0.25, -0.2) is 9.59 Å². The molecule has 4 rings (SSSR count). The van der Waals surface area contributed by atoms with Crippen LogP contribution in [-0.2, 0) is 20.8 Å². The summed E-state index contributed by atoms with van der Waals surface area (Å²) in [7, 11) is 1.60. The molecule has 2 aliphatic rings. The highest BCUT2D eigenvalue weighted by atomic mass is 32.1. The third kappa shape index (κ3) is 5.97. The number of nitrogens with zero attached hydrogens (tertiary/aromatic N) is 1. The molecule has 2 atom stereocenters. The Morgan fingerprint density at radius 2 is 2.06 bits per heavy atom. The minimum absolute atomic E-state index is 0.140. The van der Waals surface area contributed by atoms with Crippen molar-refractivity contribution < 1.29 is 23.8 Å². The number of thiophene rings is 1. The van der Waals surface area contributed by atoms with Gasteiger partial charge in [-0.15, -0.1) is 11.3 Å². The van der Waals surface area contributed by atoms with Crippen molar-refractivity contribution >= 4 is 23.3 Å². The lowest BCUT2D eigenvalue weighted by Crippen LogP contribution is -2.49. The van der Waals surface area contributed by atoms with Crippen molar-refractivity contribution in [3.63, 3.8) is 0 Å². The fourth-order valence-corrected chi connectivity index (χ4v) is 5.09. The van der Waals surface area contributed by atoms with Crippen LogP contribution >= 0.6 is 11.3 Å². The van der Waals surface area contributed by atoms with E-state index in [1.54, 1.807) is 25.4 Å². The number of urea groups is 1. The van der Waals surface area contributed by atoms with Gasteiger partial charge in [0.25, 0.3) is 0 Å². The van der Waals surface area contributed by atoms with E-state index in [4.69, 9.17) is 14.2 Å². The Kier molecular flexibility index (Phi) is 8.21. The summed E-state index contributed by atoms with van der Waals surface area (Å²) in [5, 5.41) is 7.83. The molecule has 0 radical (unpaired) electrons. The van der Waals surface area contributed by atoms with Gasteiger partial charge in [-0.3, -0.25) is 4.90 Å². The number of amides is 2. The molecule has 1 aromatic heterocycles. The third-order valence-electron chi connectivity index (χ3n) is 5.93. The molecule has 2 aromatic rings. The number of methoxy groups -OCH3 is 1. The van der Waals surface area contributed by atoms with Crippen LogP contribution in [-0.4, -0.2) is 56.4 Å². The topological polar surface area (TPSA) is 89.1 Å². The first-order chi connectivity index (χ1) is 16.6. The molecule has 2 unspecified atom stereocenters. The summed E-state index contributed by atoms with van der Waals surface area (Å²) in [6.45, 7) is 4.60. The Morgan fingerprint density at radius 1 is 1.24 bits per heavy atom.